The second kappa shape index (κ2) is 5.61. The summed E-state index contributed by atoms with van der Waals surface area (Å²) < 4.78 is 11.5. The average molecular weight is 294 g/mol. The van der Waals surface area contributed by atoms with E-state index in [0.717, 1.165) is 30.8 Å². The van der Waals surface area contributed by atoms with Crippen LogP contribution in [0.25, 0.3) is 0 Å². The Morgan fingerprint density at radius 1 is 1.55 bits per heavy atom. The SMILES string of the molecule is Nc1ccc(C(=O)OC2CCOC3(CCSC3)C2)nc1. The third-order valence-electron chi connectivity index (χ3n) is 3.78. The smallest absolute Gasteiger partial charge is 0.357 e. The topological polar surface area (TPSA) is 74.4 Å². The number of ether oxygens (including phenoxy) is 2. The number of nitrogens with zero attached hydrogens (tertiary/aromatic N) is 1. The molecule has 0 amide bonds. The molecule has 2 fully saturated rings. The summed E-state index contributed by atoms with van der Waals surface area (Å²) in [6.45, 7) is 0.660. The molecule has 1 aromatic rings. The van der Waals surface area contributed by atoms with Crippen molar-refractivity contribution in [3.05, 3.63) is 24.0 Å². The highest BCUT2D eigenvalue weighted by Gasteiger charge is 2.41. The van der Waals surface area contributed by atoms with E-state index in [2.05, 4.69) is 4.98 Å². The molecular weight excluding hydrogens is 276 g/mol. The van der Waals surface area contributed by atoms with Crippen molar-refractivity contribution in [2.45, 2.75) is 31.0 Å². The average Bonchev–Trinajstić information content (AvgIpc) is 2.87. The normalized spacial score (nSPS) is 29.5. The maximum atomic E-state index is 12.1. The molecule has 2 saturated heterocycles. The summed E-state index contributed by atoms with van der Waals surface area (Å²) in [7, 11) is 0. The Bertz CT molecular complexity index is 486. The predicted molar refractivity (Wildman–Crippen MR) is 77.7 cm³/mol. The van der Waals surface area contributed by atoms with E-state index in [-0.39, 0.29) is 17.7 Å². The largest absolute Gasteiger partial charge is 0.457 e. The fourth-order valence-electron chi connectivity index (χ4n) is 2.68. The van der Waals surface area contributed by atoms with Crippen LogP contribution in [-0.2, 0) is 9.47 Å². The molecule has 2 atom stereocenters. The predicted octanol–water partition coefficient (Wildman–Crippen LogP) is 1.88. The number of thioether (sulfide) groups is 1. The van der Waals surface area contributed by atoms with Gasteiger partial charge in [-0.05, 0) is 24.3 Å². The highest BCUT2D eigenvalue weighted by atomic mass is 32.2. The minimum absolute atomic E-state index is 0.0747. The third-order valence-corrected chi connectivity index (χ3v) is 5.01. The molecule has 2 aliphatic heterocycles. The maximum Gasteiger partial charge on any atom is 0.357 e. The molecule has 0 aromatic carbocycles. The molecule has 108 valence electrons. The molecule has 6 heteroatoms. The minimum Gasteiger partial charge on any atom is -0.457 e. The Balaban J connectivity index is 1.62. The van der Waals surface area contributed by atoms with Gasteiger partial charge >= 0.3 is 5.97 Å². The monoisotopic (exact) mass is 294 g/mol. The van der Waals surface area contributed by atoms with Crippen molar-refractivity contribution in [1.29, 1.82) is 0 Å². The zero-order chi connectivity index (χ0) is 14.0. The second-order valence-electron chi connectivity index (χ2n) is 5.33. The Morgan fingerprint density at radius 3 is 3.15 bits per heavy atom. The maximum absolute atomic E-state index is 12.1. The van der Waals surface area contributed by atoms with Gasteiger partial charge in [-0.1, -0.05) is 0 Å². The molecule has 1 aromatic heterocycles. The molecule has 5 nitrogen and oxygen atoms in total. The standard InChI is InChI=1S/C14H18N2O3S/c15-10-1-2-12(16-8-10)13(17)19-11-3-5-18-14(7-11)4-6-20-9-14/h1-2,8,11H,3-7,9,15H2. The van der Waals surface area contributed by atoms with E-state index in [4.69, 9.17) is 15.2 Å². The minimum atomic E-state index is -0.377. The number of carbonyl (C=O) groups is 1. The molecule has 1 spiro atoms. The van der Waals surface area contributed by atoms with Gasteiger partial charge in [-0.3, -0.25) is 0 Å². The van der Waals surface area contributed by atoms with Crippen molar-refractivity contribution in [1.82, 2.24) is 4.98 Å². The van der Waals surface area contributed by atoms with Crippen molar-refractivity contribution < 1.29 is 14.3 Å². The summed E-state index contributed by atoms with van der Waals surface area (Å²) >= 11 is 1.91. The van der Waals surface area contributed by atoms with E-state index in [9.17, 15) is 4.79 Å². The van der Waals surface area contributed by atoms with Gasteiger partial charge in [0.25, 0.3) is 0 Å². The number of esters is 1. The van der Waals surface area contributed by atoms with Gasteiger partial charge < -0.3 is 15.2 Å². The van der Waals surface area contributed by atoms with Crippen LogP contribution in [0.4, 0.5) is 5.69 Å². The lowest BCUT2D eigenvalue weighted by atomic mass is 9.91. The molecule has 0 radical (unpaired) electrons. The highest BCUT2D eigenvalue weighted by Crippen LogP contribution is 2.39. The molecule has 2 N–H and O–H groups in total. The second-order valence-corrected chi connectivity index (χ2v) is 6.44. The molecule has 3 heterocycles. The number of aromatic nitrogens is 1. The van der Waals surface area contributed by atoms with E-state index < -0.39 is 0 Å². The number of pyridine rings is 1. The zero-order valence-electron chi connectivity index (χ0n) is 11.2. The van der Waals surface area contributed by atoms with Crippen LogP contribution in [0, 0.1) is 0 Å². The van der Waals surface area contributed by atoms with Gasteiger partial charge in [0.15, 0.2) is 0 Å². The third kappa shape index (κ3) is 2.91. The lowest BCUT2D eigenvalue weighted by Crippen LogP contribution is -2.43. The first-order valence-corrected chi connectivity index (χ1v) is 7.97. The Kier molecular flexibility index (Phi) is 3.85. The molecule has 0 saturated carbocycles. The molecule has 0 bridgehead atoms. The summed E-state index contributed by atoms with van der Waals surface area (Å²) in [6, 6.07) is 3.25. The fourth-order valence-corrected chi connectivity index (χ4v) is 4.06. The van der Waals surface area contributed by atoms with Crippen LogP contribution in [0.3, 0.4) is 0 Å². The first-order valence-electron chi connectivity index (χ1n) is 6.81. The first kappa shape index (κ1) is 13.7. The molecular formula is C14H18N2O3S. The van der Waals surface area contributed by atoms with Gasteiger partial charge in [0.2, 0.25) is 0 Å². The van der Waals surface area contributed by atoms with E-state index in [0.29, 0.717) is 18.0 Å². The van der Waals surface area contributed by atoms with Crippen LogP contribution in [0.2, 0.25) is 0 Å². The highest BCUT2D eigenvalue weighted by molar-refractivity contribution is 7.99. The summed E-state index contributed by atoms with van der Waals surface area (Å²) in [4.78, 5) is 16.1. The zero-order valence-corrected chi connectivity index (χ0v) is 12.0. The van der Waals surface area contributed by atoms with Crippen LogP contribution in [0.5, 0.6) is 0 Å². The van der Waals surface area contributed by atoms with Gasteiger partial charge in [-0.15, -0.1) is 0 Å². The molecule has 0 aliphatic carbocycles. The van der Waals surface area contributed by atoms with Crippen LogP contribution < -0.4 is 5.73 Å². The lowest BCUT2D eigenvalue weighted by Gasteiger charge is -2.37. The molecule has 3 rings (SSSR count). The van der Waals surface area contributed by atoms with Crippen molar-refractivity contribution in [3.8, 4) is 0 Å². The first-order chi connectivity index (χ1) is 9.67. The number of nitrogens with two attached hydrogens (primary N) is 1. The Morgan fingerprint density at radius 2 is 2.45 bits per heavy atom. The van der Waals surface area contributed by atoms with E-state index >= 15 is 0 Å². The van der Waals surface area contributed by atoms with Gasteiger partial charge in [-0.2, -0.15) is 11.8 Å². The van der Waals surface area contributed by atoms with Crippen molar-refractivity contribution in [3.63, 3.8) is 0 Å². The number of rotatable bonds is 2. The van der Waals surface area contributed by atoms with Crippen molar-refractivity contribution in [2.75, 3.05) is 23.8 Å². The molecule has 20 heavy (non-hydrogen) atoms. The quantitative estimate of drug-likeness (QED) is 0.839. The summed E-state index contributed by atoms with van der Waals surface area (Å²) in [5.74, 6) is 1.75. The van der Waals surface area contributed by atoms with Crippen LogP contribution >= 0.6 is 11.8 Å². The fraction of sp³-hybridized carbons (Fsp3) is 0.571. The number of carbonyl (C=O) groups excluding carboxylic acids is 1. The lowest BCUT2D eigenvalue weighted by molar-refractivity contribution is -0.106. The van der Waals surface area contributed by atoms with Crippen molar-refractivity contribution in [2.24, 2.45) is 0 Å². The van der Waals surface area contributed by atoms with E-state index in [1.807, 2.05) is 11.8 Å². The van der Waals surface area contributed by atoms with E-state index in [1.54, 1.807) is 12.1 Å². The van der Waals surface area contributed by atoms with Gasteiger partial charge in [-0.25, -0.2) is 9.78 Å². The summed E-state index contributed by atoms with van der Waals surface area (Å²) in [5, 5.41) is 0. The van der Waals surface area contributed by atoms with Gasteiger partial charge in [0.1, 0.15) is 11.8 Å². The number of nitrogen functional groups attached to an aromatic ring is 1. The Hall–Kier alpha value is -1.27. The number of hydrogen-bond acceptors (Lipinski definition) is 6. The van der Waals surface area contributed by atoms with Crippen LogP contribution in [0.1, 0.15) is 29.8 Å². The van der Waals surface area contributed by atoms with E-state index in [1.165, 1.54) is 6.20 Å². The Labute approximate surface area is 122 Å². The van der Waals surface area contributed by atoms with Crippen LogP contribution in [0.15, 0.2) is 18.3 Å². The van der Waals surface area contributed by atoms with Gasteiger partial charge in [0.05, 0.1) is 24.1 Å². The molecule has 2 aliphatic rings. The van der Waals surface area contributed by atoms with Gasteiger partial charge in [0, 0.05) is 18.6 Å². The summed E-state index contributed by atoms with van der Waals surface area (Å²) in [5.41, 5.74) is 6.32. The summed E-state index contributed by atoms with van der Waals surface area (Å²) in [6.07, 6.45) is 3.99. The van der Waals surface area contributed by atoms with Crippen LogP contribution in [-0.4, -0.2) is 40.8 Å². The van der Waals surface area contributed by atoms with Crippen molar-refractivity contribution >= 4 is 23.4 Å². The molecule has 2 unspecified atom stereocenters. The number of anilines is 1. The number of hydrogen-bond donors (Lipinski definition) is 1.